The van der Waals surface area contributed by atoms with Crippen molar-refractivity contribution < 1.29 is 9.53 Å². The summed E-state index contributed by atoms with van der Waals surface area (Å²) in [5, 5.41) is 2.81. The lowest BCUT2D eigenvalue weighted by atomic mass is 10.2. The number of hydrogen-bond donors (Lipinski definition) is 1. The number of thiophene rings is 1. The summed E-state index contributed by atoms with van der Waals surface area (Å²) in [7, 11) is 0. The number of benzene rings is 1. The largest absolute Gasteiger partial charge is 0.445 e. The molecule has 19 heavy (non-hydrogen) atoms. The monoisotopic (exact) mass is 339 g/mol. The molecule has 0 aliphatic carbocycles. The third kappa shape index (κ3) is 4.36. The number of halogens is 1. The highest BCUT2D eigenvalue weighted by molar-refractivity contribution is 9.11. The molecule has 0 saturated heterocycles. The molecule has 0 fully saturated rings. The van der Waals surface area contributed by atoms with Gasteiger partial charge < -0.3 is 10.1 Å². The number of ether oxygens (including phenoxy) is 1. The first-order chi connectivity index (χ1) is 9.15. The van der Waals surface area contributed by atoms with Gasteiger partial charge in [-0.15, -0.1) is 11.3 Å². The van der Waals surface area contributed by atoms with Crippen LogP contribution in [0.25, 0.3) is 0 Å². The molecule has 3 nitrogen and oxygen atoms in total. The lowest BCUT2D eigenvalue weighted by molar-refractivity contribution is 0.136. The van der Waals surface area contributed by atoms with Crippen LogP contribution in [0.2, 0.25) is 0 Å². The van der Waals surface area contributed by atoms with Gasteiger partial charge in [-0.05, 0) is 40.5 Å². The van der Waals surface area contributed by atoms with Crippen molar-refractivity contribution in [1.82, 2.24) is 5.32 Å². The maximum Gasteiger partial charge on any atom is 0.407 e. The lowest BCUT2D eigenvalue weighted by Crippen LogP contribution is -2.26. The van der Waals surface area contributed by atoms with Gasteiger partial charge in [-0.25, -0.2) is 4.79 Å². The normalized spacial score (nSPS) is 11.9. The van der Waals surface area contributed by atoms with Crippen LogP contribution < -0.4 is 5.32 Å². The molecule has 0 radical (unpaired) electrons. The van der Waals surface area contributed by atoms with Crippen molar-refractivity contribution in [3.63, 3.8) is 0 Å². The molecule has 0 aliphatic rings. The molecule has 0 saturated carbocycles. The second-order valence-corrected chi connectivity index (χ2v) is 6.56. The third-order valence-electron chi connectivity index (χ3n) is 2.57. The molecule has 0 aliphatic heterocycles. The molecule has 1 N–H and O–H groups in total. The Kier molecular flexibility index (Phi) is 4.99. The van der Waals surface area contributed by atoms with Gasteiger partial charge in [0.05, 0.1) is 9.83 Å². The fourth-order valence-corrected chi connectivity index (χ4v) is 3.00. The van der Waals surface area contributed by atoms with Crippen LogP contribution in [0, 0.1) is 0 Å². The zero-order valence-corrected chi connectivity index (χ0v) is 12.8. The third-order valence-corrected chi connectivity index (χ3v) is 4.37. The van der Waals surface area contributed by atoms with Gasteiger partial charge in [-0.2, -0.15) is 0 Å². The molecule has 2 aromatic rings. The molecule has 0 unspecified atom stereocenters. The molecule has 100 valence electrons. The van der Waals surface area contributed by atoms with Crippen molar-refractivity contribution >= 4 is 33.4 Å². The van der Waals surface area contributed by atoms with E-state index in [1.165, 1.54) is 0 Å². The summed E-state index contributed by atoms with van der Waals surface area (Å²) < 4.78 is 6.22. The van der Waals surface area contributed by atoms with Crippen molar-refractivity contribution in [2.75, 3.05) is 0 Å². The average Bonchev–Trinajstić information content (AvgIpc) is 2.84. The second-order valence-electron chi connectivity index (χ2n) is 4.07. The standard InChI is InChI=1S/C14H14BrNO2S/c1-10(12-7-8-13(15)19-12)16-14(17)18-9-11-5-3-2-4-6-11/h2-8,10H,9H2,1H3,(H,16,17)/t10-/m0/s1. The first kappa shape index (κ1) is 14.1. The Balaban J connectivity index is 1.81. The van der Waals surface area contributed by atoms with Crippen LogP contribution in [-0.2, 0) is 11.3 Å². The smallest absolute Gasteiger partial charge is 0.407 e. The number of carbonyl (C=O) groups excluding carboxylic acids is 1. The highest BCUT2D eigenvalue weighted by Gasteiger charge is 2.12. The summed E-state index contributed by atoms with van der Waals surface area (Å²) >= 11 is 5.00. The van der Waals surface area contributed by atoms with E-state index in [1.807, 2.05) is 49.4 Å². The van der Waals surface area contributed by atoms with E-state index in [-0.39, 0.29) is 12.6 Å². The topological polar surface area (TPSA) is 38.3 Å². The molecule has 1 aromatic heterocycles. The number of hydrogen-bond acceptors (Lipinski definition) is 3. The number of carbonyl (C=O) groups is 1. The molecule has 0 spiro atoms. The van der Waals surface area contributed by atoms with Crippen molar-refractivity contribution in [3.05, 3.63) is 56.7 Å². The molecule has 5 heteroatoms. The Bertz CT molecular complexity index is 541. The maximum absolute atomic E-state index is 11.7. The molecule has 2 rings (SSSR count). The average molecular weight is 340 g/mol. The van der Waals surface area contributed by atoms with Gasteiger partial charge in [0.25, 0.3) is 0 Å². The number of nitrogens with one attached hydrogen (secondary N) is 1. The predicted molar refractivity (Wildman–Crippen MR) is 80.2 cm³/mol. The predicted octanol–water partition coefficient (Wildman–Crippen LogP) is 4.50. The van der Waals surface area contributed by atoms with Crippen LogP contribution >= 0.6 is 27.3 Å². The molecular weight excluding hydrogens is 326 g/mol. The fourth-order valence-electron chi connectivity index (χ4n) is 1.57. The Morgan fingerprint density at radius 3 is 2.68 bits per heavy atom. The molecule has 1 heterocycles. The summed E-state index contributed by atoms with van der Waals surface area (Å²) in [4.78, 5) is 12.8. The summed E-state index contributed by atoms with van der Waals surface area (Å²) in [6, 6.07) is 13.5. The van der Waals surface area contributed by atoms with Gasteiger partial charge in [0, 0.05) is 4.88 Å². The zero-order valence-electron chi connectivity index (χ0n) is 10.4. The lowest BCUT2D eigenvalue weighted by Gasteiger charge is -2.12. The molecule has 1 atom stereocenters. The number of alkyl carbamates (subject to hydrolysis) is 1. The van der Waals surface area contributed by atoms with E-state index in [9.17, 15) is 4.79 Å². The van der Waals surface area contributed by atoms with Gasteiger partial charge in [-0.3, -0.25) is 0 Å². The quantitative estimate of drug-likeness (QED) is 0.890. The van der Waals surface area contributed by atoms with Crippen LogP contribution in [0.3, 0.4) is 0 Å². The molecule has 1 amide bonds. The second kappa shape index (κ2) is 6.73. The first-order valence-electron chi connectivity index (χ1n) is 5.87. The molecule has 0 bridgehead atoms. The minimum atomic E-state index is -0.402. The molecule has 1 aromatic carbocycles. The summed E-state index contributed by atoms with van der Waals surface area (Å²) in [6.45, 7) is 2.22. The van der Waals surface area contributed by atoms with Crippen molar-refractivity contribution in [2.24, 2.45) is 0 Å². The minimum Gasteiger partial charge on any atom is -0.445 e. The van der Waals surface area contributed by atoms with E-state index in [4.69, 9.17) is 4.74 Å². The Morgan fingerprint density at radius 2 is 2.05 bits per heavy atom. The van der Waals surface area contributed by atoms with E-state index in [0.29, 0.717) is 0 Å². The van der Waals surface area contributed by atoms with Crippen molar-refractivity contribution in [3.8, 4) is 0 Å². The van der Waals surface area contributed by atoms with Crippen LogP contribution in [0.1, 0.15) is 23.4 Å². The van der Waals surface area contributed by atoms with E-state index in [1.54, 1.807) is 11.3 Å². The van der Waals surface area contributed by atoms with Crippen LogP contribution in [0.4, 0.5) is 4.79 Å². The van der Waals surface area contributed by atoms with Gasteiger partial charge in [0.15, 0.2) is 0 Å². The Hall–Kier alpha value is -1.33. The first-order valence-corrected chi connectivity index (χ1v) is 7.48. The van der Waals surface area contributed by atoms with Gasteiger partial charge in [-0.1, -0.05) is 30.3 Å². The van der Waals surface area contributed by atoms with E-state index >= 15 is 0 Å². The van der Waals surface area contributed by atoms with Gasteiger partial charge in [0.2, 0.25) is 0 Å². The number of amides is 1. The zero-order chi connectivity index (χ0) is 13.7. The van der Waals surface area contributed by atoms with Gasteiger partial charge in [0.1, 0.15) is 6.61 Å². The Morgan fingerprint density at radius 1 is 1.32 bits per heavy atom. The van der Waals surface area contributed by atoms with E-state index in [0.717, 1.165) is 14.2 Å². The minimum absolute atomic E-state index is 0.0560. The van der Waals surface area contributed by atoms with E-state index < -0.39 is 6.09 Å². The van der Waals surface area contributed by atoms with Crippen LogP contribution in [0.15, 0.2) is 46.3 Å². The summed E-state index contributed by atoms with van der Waals surface area (Å²) in [5.74, 6) is 0. The van der Waals surface area contributed by atoms with Crippen molar-refractivity contribution in [2.45, 2.75) is 19.6 Å². The highest BCUT2D eigenvalue weighted by Crippen LogP contribution is 2.27. The summed E-state index contributed by atoms with van der Waals surface area (Å²) in [5.41, 5.74) is 0.976. The van der Waals surface area contributed by atoms with E-state index in [2.05, 4.69) is 21.2 Å². The van der Waals surface area contributed by atoms with Crippen LogP contribution in [-0.4, -0.2) is 6.09 Å². The van der Waals surface area contributed by atoms with Crippen molar-refractivity contribution in [1.29, 1.82) is 0 Å². The SMILES string of the molecule is C[C@H](NC(=O)OCc1ccccc1)c1ccc(Br)s1. The maximum atomic E-state index is 11.7. The highest BCUT2D eigenvalue weighted by atomic mass is 79.9. The number of rotatable bonds is 4. The fraction of sp³-hybridized carbons (Fsp3) is 0.214. The molecular formula is C14H14BrNO2S. The Labute approximate surface area is 124 Å². The summed E-state index contributed by atoms with van der Waals surface area (Å²) in [6.07, 6.45) is -0.402. The van der Waals surface area contributed by atoms with Crippen LogP contribution in [0.5, 0.6) is 0 Å². The van der Waals surface area contributed by atoms with Gasteiger partial charge >= 0.3 is 6.09 Å².